The lowest BCUT2D eigenvalue weighted by molar-refractivity contribution is -0.119. The summed E-state index contributed by atoms with van der Waals surface area (Å²) in [6.45, 7) is 12.6. The van der Waals surface area contributed by atoms with E-state index in [1.165, 1.54) is 5.56 Å². The molecule has 2 fully saturated rings. The summed E-state index contributed by atoms with van der Waals surface area (Å²) in [5.74, 6) is 0.0102. The van der Waals surface area contributed by atoms with Gasteiger partial charge >= 0.3 is 6.09 Å². The van der Waals surface area contributed by atoms with Gasteiger partial charge in [-0.2, -0.15) is 0 Å². The van der Waals surface area contributed by atoms with Crippen LogP contribution >= 0.6 is 11.6 Å². The van der Waals surface area contributed by atoms with E-state index in [9.17, 15) is 9.59 Å². The Morgan fingerprint density at radius 2 is 1.87 bits per heavy atom. The van der Waals surface area contributed by atoms with E-state index in [0.29, 0.717) is 18.1 Å². The lowest BCUT2D eigenvalue weighted by atomic mass is 10.1. The van der Waals surface area contributed by atoms with Crippen molar-refractivity contribution >= 4 is 29.3 Å². The fraction of sp³-hybridized carbons (Fsp3) is 0.636. The van der Waals surface area contributed by atoms with Crippen molar-refractivity contribution in [2.75, 3.05) is 44.2 Å². The summed E-state index contributed by atoms with van der Waals surface area (Å²) in [7, 11) is 0. The number of hydrogen-bond donors (Lipinski definition) is 1. The van der Waals surface area contributed by atoms with Gasteiger partial charge in [0.15, 0.2) is 0 Å². The number of benzene rings is 1. The Balaban J connectivity index is 1.60. The van der Waals surface area contributed by atoms with Gasteiger partial charge in [0.1, 0.15) is 5.60 Å². The van der Waals surface area contributed by atoms with E-state index < -0.39 is 5.60 Å². The van der Waals surface area contributed by atoms with Gasteiger partial charge < -0.3 is 19.9 Å². The molecule has 1 unspecified atom stereocenters. The number of nitrogens with zero attached hydrogens (tertiary/aromatic N) is 3. The molecule has 1 aromatic carbocycles. The van der Waals surface area contributed by atoms with Crippen LogP contribution in [-0.2, 0) is 16.1 Å². The van der Waals surface area contributed by atoms with E-state index in [1.54, 1.807) is 11.8 Å². The first-order chi connectivity index (χ1) is 14.1. The number of nitrogens with one attached hydrogen (secondary N) is 1. The van der Waals surface area contributed by atoms with Crippen molar-refractivity contribution in [2.45, 2.75) is 52.3 Å². The average Bonchev–Trinajstić information content (AvgIpc) is 3.10. The zero-order valence-electron chi connectivity index (χ0n) is 18.4. The Bertz CT molecular complexity index is 772. The molecule has 0 aromatic heterocycles. The summed E-state index contributed by atoms with van der Waals surface area (Å²) in [5.41, 5.74) is 1.87. The van der Waals surface area contributed by atoms with E-state index in [4.69, 9.17) is 16.3 Å². The molecule has 0 radical (unpaired) electrons. The molecule has 1 aromatic rings. The van der Waals surface area contributed by atoms with Crippen molar-refractivity contribution in [3.63, 3.8) is 0 Å². The number of amides is 2. The first-order valence-corrected chi connectivity index (χ1v) is 11.0. The molecule has 0 saturated carbocycles. The van der Waals surface area contributed by atoms with E-state index in [1.807, 2.05) is 32.9 Å². The number of rotatable bonds is 4. The van der Waals surface area contributed by atoms with E-state index >= 15 is 0 Å². The standard InChI is InChI=1S/C22H33ClN4O3/c1-16(28)24-19-7-8-27(15-19)20-13-18(23)6-5-17(20)14-25-9-11-26(12-10-25)21(29)30-22(2,3)4/h5-6,13,19H,7-12,14-15H2,1-4H3,(H,24,28). The minimum atomic E-state index is -0.475. The first kappa shape index (κ1) is 22.7. The van der Waals surface area contributed by atoms with E-state index in [0.717, 1.165) is 44.8 Å². The fourth-order valence-corrected chi connectivity index (χ4v) is 4.17. The summed E-state index contributed by atoms with van der Waals surface area (Å²) in [6, 6.07) is 6.21. The molecular weight excluding hydrogens is 404 g/mol. The van der Waals surface area contributed by atoms with Crippen molar-refractivity contribution < 1.29 is 14.3 Å². The normalized spacial score (nSPS) is 20.4. The average molecular weight is 437 g/mol. The highest BCUT2D eigenvalue weighted by Gasteiger charge is 2.28. The molecule has 2 aliphatic heterocycles. The van der Waals surface area contributed by atoms with Gasteiger partial charge in [-0.05, 0) is 44.9 Å². The van der Waals surface area contributed by atoms with Gasteiger partial charge in [-0.3, -0.25) is 9.69 Å². The molecule has 2 amide bonds. The quantitative estimate of drug-likeness (QED) is 0.785. The minimum absolute atomic E-state index is 0.0102. The Kier molecular flexibility index (Phi) is 7.14. The molecule has 3 rings (SSSR count). The van der Waals surface area contributed by atoms with Crippen LogP contribution in [0.5, 0.6) is 0 Å². The molecule has 0 spiro atoms. The Morgan fingerprint density at radius 1 is 1.17 bits per heavy atom. The van der Waals surface area contributed by atoms with Crippen LogP contribution in [0.1, 0.15) is 39.7 Å². The van der Waals surface area contributed by atoms with Crippen LogP contribution in [0.25, 0.3) is 0 Å². The van der Waals surface area contributed by atoms with Gasteiger partial charge in [-0.1, -0.05) is 17.7 Å². The largest absolute Gasteiger partial charge is 0.444 e. The highest BCUT2D eigenvalue weighted by Crippen LogP contribution is 2.29. The maximum Gasteiger partial charge on any atom is 0.410 e. The predicted molar refractivity (Wildman–Crippen MR) is 119 cm³/mol. The topological polar surface area (TPSA) is 65.1 Å². The third-order valence-electron chi connectivity index (χ3n) is 5.40. The van der Waals surface area contributed by atoms with Gasteiger partial charge in [-0.25, -0.2) is 4.79 Å². The van der Waals surface area contributed by atoms with Gasteiger partial charge in [0, 0.05) is 69.5 Å². The number of anilines is 1. The second-order valence-electron chi connectivity index (χ2n) is 9.15. The summed E-state index contributed by atoms with van der Waals surface area (Å²) < 4.78 is 5.49. The van der Waals surface area contributed by atoms with Gasteiger partial charge in [-0.15, -0.1) is 0 Å². The van der Waals surface area contributed by atoms with Gasteiger partial charge in [0.2, 0.25) is 5.91 Å². The number of carbonyl (C=O) groups excluding carboxylic acids is 2. The maximum atomic E-state index is 12.3. The second kappa shape index (κ2) is 9.43. The fourth-order valence-electron chi connectivity index (χ4n) is 4.01. The Morgan fingerprint density at radius 3 is 2.50 bits per heavy atom. The Hall–Kier alpha value is -1.99. The molecule has 2 saturated heterocycles. The summed E-state index contributed by atoms with van der Waals surface area (Å²) in [5, 5.41) is 3.73. The monoisotopic (exact) mass is 436 g/mol. The van der Waals surface area contributed by atoms with Crippen LogP contribution in [0.4, 0.5) is 10.5 Å². The summed E-state index contributed by atoms with van der Waals surface area (Å²) in [4.78, 5) is 30.1. The van der Waals surface area contributed by atoms with Crippen LogP contribution in [0.15, 0.2) is 18.2 Å². The number of carbonyl (C=O) groups is 2. The molecular formula is C22H33ClN4O3. The molecule has 2 heterocycles. The van der Waals surface area contributed by atoms with Crippen LogP contribution in [0.3, 0.4) is 0 Å². The molecule has 2 aliphatic rings. The zero-order chi connectivity index (χ0) is 21.9. The molecule has 1 atom stereocenters. The Labute approximate surface area is 184 Å². The molecule has 1 N–H and O–H groups in total. The third kappa shape index (κ3) is 6.25. The second-order valence-corrected chi connectivity index (χ2v) is 9.59. The predicted octanol–water partition coefficient (Wildman–Crippen LogP) is 3.11. The van der Waals surface area contributed by atoms with Crippen molar-refractivity contribution in [3.8, 4) is 0 Å². The van der Waals surface area contributed by atoms with Crippen molar-refractivity contribution in [3.05, 3.63) is 28.8 Å². The molecule has 0 aliphatic carbocycles. The zero-order valence-corrected chi connectivity index (χ0v) is 19.2. The lowest BCUT2D eigenvalue weighted by Gasteiger charge is -2.36. The van der Waals surface area contributed by atoms with Crippen LogP contribution < -0.4 is 10.2 Å². The van der Waals surface area contributed by atoms with Crippen LogP contribution in [-0.4, -0.2) is 72.7 Å². The van der Waals surface area contributed by atoms with E-state index in [-0.39, 0.29) is 18.0 Å². The van der Waals surface area contributed by atoms with Crippen molar-refractivity contribution in [1.82, 2.24) is 15.1 Å². The summed E-state index contributed by atoms with van der Waals surface area (Å²) >= 11 is 6.30. The first-order valence-electron chi connectivity index (χ1n) is 10.6. The SMILES string of the molecule is CC(=O)NC1CCN(c2cc(Cl)ccc2CN2CCN(C(=O)OC(C)(C)C)CC2)C1. The maximum absolute atomic E-state index is 12.3. The van der Waals surface area contributed by atoms with Crippen molar-refractivity contribution in [2.24, 2.45) is 0 Å². The molecule has 30 heavy (non-hydrogen) atoms. The number of piperazine rings is 1. The molecule has 166 valence electrons. The van der Waals surface area contributed by atoms with Crippen molar-refractivity contribution in [1.29, 1.82) is 0 Å². The molecule has 7 nitrogen and oxygen atoms in total. The van der Waals surface area contributed by atoms with Gasteiger partial charge in [0.05, 0.1) is 0 Å². The number of halogens is 1. The lowest BCUT2D eigenvalue weighted by Crippen LogP contribution is -2.49. The number of hydrogen-bond acceptors (Lipinski definition) is 5. The van der Waals surface area contributed by atoms with Crippen LogP contribution in [0, 0.1) is 0 Å². The third-order valence-corrected chi connectivity index (χ3v) is 5.64. The number of ether oxygens (including phenoxy) is 1. The highest BCUT2D eigenvalue weighted by atomic mass is 35.5. The van der Waals surface area contributed by atoms with E-state index in [2.05, 4.69) is 21.2 Å². The molecule has 8 heteroatoms. The smallest absolute Gasteiger partial charge is 0.410 e. The summed E-state index contributed by atoms with van der Waals surface area (Å²) in [6.07, 6.45) is 0.690. The van der Waals surface area contributed by atoms with Gasteiger partial charge in [0.25, 0.3) is 0 Å². The van der Waals surface area contributed by atoms with Crippen LogP contribution in [0.2, 0.25) is 5.02 Å². The molecule has 0 bridgehead atoms. The minimum Gasteiger partial charge on any atom is -0.444 e. The highest BCUT2D eigenvalue weighted by molar-refractivity contribution is 6.30.